The third-order valence-corrected chi connectivity index (χ3v) is 22.8. The monoisotopic (exact) mass is 1440 g/mol. The van der Waals surface area contributed by atoms with Crippen molar-refractivity contribution in [2.75, 3.05) is 38.8 Å². The molecular formula is C76H113N11O12S2. The number of carbonyl (C=O) groups is 11. The zero-order valence-electron chi connectivity index (χ0n) is 61.5. The Hall–Kier alpha value is -7.25. The molecule has 2 aliphatic heterocycles. The van der Waals surface area contributed by atoms with Crippen molar-refractivity contribution in [1.29, 1.82) is 0 Å². The van der Waals surface area contributed by atoms with Crippen LogP contribution < -0.4 is 47.9 Å². The molecule has 2 aliphatic carbocycles. The fourth-order valence-corrected chi connectivity index (χ4v) is 15.8. The molecule has 101 heavy (non-hydrogen) atoms. The summed E-state index contributed by atoms with van der Waals surface area (Å²) in [6.45, 7) is 16.9. The summed E-state index contributed by atoms with van der Waals surface area (Å²) in [5.41, 5.74) is -0.438. The van der Waals surface area contributed by atoms with Gasteiger partial charge in [-0.05, 0) is 118 Å². The maximum Gasteiger partial charge on any atom is 0.246 e. The Morgan fingerprint density at radius 3 is 1.76 bits per heavy atom. The summed E-state index contributed by atoms with van der Waals surface area (Å²) in [5.74, 6) is -4.65. The normalized spacial score (nSPS) is 27.4. The smallest absolute Gasteiger partial charge is 0.246 e. The number of likely N-dealkylation sites (N-methyl/N-ethyl adjacent to an activating group) is 1. The number of methoxy groups -OCH3 is 1. The van der Waals surface area contributed by atoms with Crippen LogP contribution in [-0.2, 0) is 75.4 Å². The van der Waals surface area contributed by atoms with E-state index in [9.17, 15) is 47.9 Å². The summed E-state index contributed by atoms with van der Waals surface area (Å²) >= 11 is 3.24. The van der Waals surface area contributed by atoms with Gasteiger partial charge in [0, 0.05) is 63.1 Å². The van der Waals surface area contributed by atoms with Crippen LogP contribution in [0.4, 0.5) is 0 Å². The molecule has 3 aromatic carbocycles. The summed E-state index contributed by atoms with van der Waals surface area (Å²) < 4.78 is 5.73. The number of carbonyl (C=O) groups excluding carboxylic acids is 11. The Balaban J connectivity index is 1.17. The fourth-order valence-electron chi connectivity index (χ4n) is 14.1. The van der Waals surface area contributed by atoms with Crippen LogP contribution in [0, 0.1) is 23.7 Å². The Kier molecular flexibility index (Phi) is 30.7. The summed E-state index contributed by atoms with van der Waals surface area (Å²) in [6.07, 6.45) is 9.78. The first-order valence-electron chi connectivity index (χ1n) is 36.6. The lowest BCUT2D eigenvalue weighted by Crippen LogP contribution is -2.66. The van der Waals surface area contributed by atoms with Crippen LogP contribution in [0.2, 0.25) is 0 Å². The highest BCUT2D eigenvalue weighted by Crippen LogP contribution is 2.32. The summed E-state index contributed by atoms with van der Waals surface area (Å²) in [7, 11) is 3.00. The van der Waals surface area contributed by atoms with Crippen LogP contribution >= 0.6 is 23.5 Å². The minimum Gasteiger partial charge on any atom is -0.379 e. The van der Waals surface area contributed by atoms with Crippen molar-refractivity contribution in [2.45, 2.75) is 249 Å². The van der Waals surface area contributed by atoms with Crippen LogP contribution in [0.25, 0.3) is 10.8 Å². The molecule has 0 spiro atoms. The van der Waals surface area contributed by atoms with Gasteiger partial charge in [0.25, 0.3) is 0 Å². The second-order valence-electron chi connectivity index (χ2n) is 29.6. The number of ether oxygens (including phenoxy) is 1. The van der Waals surface area contributed by atoms with Crippen molar-refractivity contribution in [3.05, 3.63) is 83.4 Å². The van der Waals surface area contributed by atoms with Crippen LogP contribution in [0.1, 0.15) is 182 Å². The van der Waals surface area contributed by atoms with Crippen LogP contribution in [0.15, 0.2) is 66.7 Å². The predicted octanol–water partition coefficient (Wildman–Crippen LogP) is 6.89. The van der Waals surface area contributed by atoms with Gasteiger partial charge >= 0.3 is 0 Å². The first kappa shape index (κ1) is 81.1. The molecule has 10 atom stereocenters. The maximum absolute atomic E-state index is 15.2. The minimum atomic E-state index is -1.74. The highest BCUT2D eigenvalue weighted by atomic mass is 32.2. The second kappa shape index (κ2) is 38.3. The van der Waals surface area contributed by atoms with Gasteiger partial charge in [0.2, 0.25) is 65.0 Å². The van der Waals surface area contributed by atoms with E-state index in [1.165, 1.54) is 37.7 Å². The molecule has 25 heteroatoms. The highest BCUT2D eigenvalue weighted by molar-refractivity contribution is 7.98. The highest BCUT2D eigenvalue weighted by Gasteiger charge is 2.45. The molecule has 0 aromatic heterocycles. The maximum atomic E-state index is 15.2. The first-order chi connectivity index (χ1) is 48.0. The quantitative estimate of drug-likeness (QED) is 0.0999. The van der Waals surface area contributed by atoms with E-state index < -0.39 is 131 Å². The van der Waals surface area contributed by atoms with Crippen molar-refractivity contribution in [2.24, 2.45) is 23.7 Å². The molecule has 3 aromatic rings. The molecule has 556 valence electrons. The fraction of sp³-hybridized carbons (Fsp3) is 0.645. The lowest BCUT2D eigenvalue weighted by atomic mass is 9.83. The molecule has 23 nitrogen and oxygen atoms in total. The first-order valence-corrected chi connectivity index (χ1v) is 38.9. The van der Waals surface area contributed by atoms with Gasteiger partial charge in [-0.3, -0.25) is 52.7 Å². The van der Waals surface area contributed by atoms with Crippen LogP contribution in [0.3, 0.4) is 0 Å². The van der Waals surface area contributed by atoms with Crippen molar-refractivity contribution < 1.29 is 57.5 Å². The standard InChI is InChI=1S/C76H113N11O12S2/c1-46(2)64-71(95)82-60(42-52-26-17-14-18-27-52)72(96)87-37-23-34-61(87)69(93)83-63(50(7)99-12)70(94)81-59(43-56-32-22-31-55-30-19-20-33-57(55)56)67(91)84-75(8,9)73(97)78-49(6)66(90)80-58(41-51-24-15-13-16-25-51)68(92)85-76(10,47(3)4)74(98)79-48(5)65(89)77-36-39-101-45-54-29-21-28-53(40-54)44-100-38-35-62(88)86(64)11/h19-22,28-33,40,46-52,58-61,63-64H,13-18,23-27,34-39,41-45H2,1-12H3,(H,77,89)(H,78,97)(H,79,98)(H,80,90)(H,81,94)(H,82,95)(H,83,93)(H,84,91)(H,85,92)/t48-,49-,50+,58-,59-,60-,61-,63-,64-,76-/m0/s1. The zero-order valence-corrected chi connectivity index (χ0v) is 63.2. The van der Waals surface area contributed by atoms with E-state index in [1.807, 2.05) is 74.5 Å². The zero-order chi connectivity index (χ0) is 73.7. The summed E-state index contributed by atoms with van der Waals surface area (Å²) in [6, 6.07) is 12.1. The lowest BCUT2D eigenvalue weighted by molar-refractivity contribution is -0.145. The third-order valence-electron chi connectivity index (χ3n) is 20.8. The van der Waals surface area contributed by atoms with Crippen LogP contribution in [-0.4, -0.2) is 179 Å². The molecule has 4 aliphatic rings. The van der Waals surface area contributed by atoms with Gasteiger partial charge in [-0.25, -0.2) is 0 Å². The Labute approximate surface area is 606 Å². The molecule has 2 heterocycles. The summed E-state index contributed by atoms with van der Waals surface area (Å²) in [4.78, 5) is 163. The molecular weight excluding hydrogens is 1320 g/mol. The van der Waals surface area contributed by atoms with E-state index in [0.29, 0.717) is 48.0 Å². The number of amides is 11. The van der Waals surface area contributed by atoms with Gasteiger partial charge in [-0.15, -0.1) is 0 Å². The summed E-state index contributed by atoms with van der Waals surface area (Å²) in [5, 5.41) is 27.6. The average Bonchev–Trinajstić information content (AvgIpc) is 1.74. The molecule has 2 saturated carbocycles. The number of nitrogens with one attached hydrogen (secondary N) is 9. The van der Waals surface area contributed by atoms with E-state index in [-0.39, 0.29) is 55.9 Å². The lowest BCUT2D eigenvalue weighted by Gasteiger charge is -2.36. The molecule has 0 radical (unpaired) electrons. The largest absolute Gasteiger partial charge is 0.379 e. The van der Waals surface area contributed by atoms with Gasteiger partial charge in [-0.1, -0.05) is 159 Å². The van der Waals surface area contributed by atoms with Crippen molar-refractivity contribution in [3.8, 4) is 0 Å². The number of rotatable bonds is 10. The molecule has 3 fully saturated rings. The van der Waals surface area contributed by atoms with E-state index in [0.717, 1.165) is 86.1 Å². The number of fused-ring (bicyclic) bond motifs is 4. The average molecular weight is 1440 g/mol. The van der Waals surface area contributed by atoms with Crippen molar-refractivity contribution in [1.82, 2.24) is 57.7 Å². The third kappa shape index (κ3) is 22.9. The molecule has 1 saturated heterocycles. The van der Waals surface area contributed by atoms with Gasteiger partial charge in [0.05, 0.1) is 6.10 Å². The molecule has 2 bridgehead atoms. The number of benzene rings is 3. The van der Waals surface area contributed by atoms with E-state index in [4.69, 9.17) is 4.74 Å². The number of hydrogen-bond acceptors (Lipinski definition) is 14. The molecule has 9 N–H and O–H groups in total. The number of thioether (sulfide) groups is 2. The van der Waals surface area contributed by atoms with Gasteiger partial charge in [-0.2, -0.15) is 23.5 Å². The second-order valence-corrected chi connectivity index (χ2v) is 31.8. The van der Waals surface area contributed by atoms with Crippen LogP contribution in [0.5, 0.6) is 0 Å². The number of nitrogens with zero attached hydrogens (tertiary/aromatic N) is 2. The SMILES string of the molecule is CO[C@H](C)[C@@H]1NC(=O)[C@@H]2CCCN2C(=O)[C@H](CC2CCCCC2)NC(=O)[C@H](C(C)C)N(C)C(=O)CCSCc2cccc(c2)CSCCNC(=O)[C@H](C)NC(=O)[C@](C)(C(C)C)NC(=O)[C@H](CC2CCCCC2)NC(=O)[C@H](C)NC(=O)C(C)(C)NC(=O)[C@H](Cc2cccc3ccccc23)NC1=O. The molecule has 7 rings (SSSR count). The Bertz CT molecular complexity index is 3370. The molecule has 0 unspecified atom stereocenters. The van der Waals surface area contributed by atoms with Crippen molar-refractivity contribution in [3.63, 3.8) is 0 Å². The van der Waals surface area contributed by atoms with Gasteiger partial charge in [0.1, 0.15) is 59.4 Å². The topological polar surface area (TPSA) is 312 Å². The Morgan fingerprint density at radius 1 is 0.564 bits per heavy atom. The molecule has 11 amide bonds. The number of hydrogen-bond donors (Lipinski definition) is 9. The van der Waals surface area contributed by atoms with E-state index >= 15 is 4.79 Å². The van der Waals surface area contributed by atoms with Gasteiger partial charge < -0.3 is 62.4 Å². The van der Waals surface area contributed by atoms with E-state index in [1.54, 1.807) is 65.2 Å². The van der Waals surface area contributed by atoms with E-state index in [2.05, 4.69) is 53.9 Å². The predicted molar refractivity (Wildman–Crippen MR) is 396 cm³/mol. The van der Waals surface area contributed by atoms with Gasteiger partial charge in [0.15, 0.2) is 0 Å². The Morgan fingerprint density at radius 2 is 1.13 bits per heavy atom. The van der Waals surface area contributed by atoms with Crippen molar-refractivity contribution >= 4 is 99.3 Å². The minimum absolute atomic E-state index is 0.0760.